The molecule has 112 valence electrons. The third kappa shape index (κ3) is 3.70. The first-order valence-corrected chi connectivity index (χ1v) is 7.09. The third-order valence-electron chi connectivity index (χ3n) is 3.46. The molecule has 0 saturated heterocycles. The number of rotatable bonds is 6. The molecule has 0 saturated carbocycles. The van der Waals surface area contributed by atoms with E-state index in [1.54, 1.807) is 24.4 Å². The van der Waals surface area contributed by atoms with E-state index in [-0.39, 0.29) is 29.7 Å². The molecule has 0 spiro atoms. The lowest BCUT2D eigenvalue weighted by atomic mass is 10.1. The van der Waals surface area contributed by atoms with Crippen LogP contribution in [-0.2, 0) is 0 Å². The normalized spacial score (nSPS) is 12.3. The zero-order chi connectivity index (χ0) is 15.2. The van der Waals surface area contributed by atoms with Gasteiger partial charge in [0.05, 0.1) is 5.56 Å². The number of phenolic OH excluding ortho intramolecular Hbond substituents is 1. The minimum atomic E-state index is -0.309. The Morgan fingerprint density at radius 1 is 1.38 bits per heavy atom. The number of hydrogen-bond acceptors (Lipinski definition) is 4. The van der Waals surface area contributed by atoms with E-state index in [1.807, 2.05) is 13.0 Å². The van der Waals surface area contributed by atoms with Gasteiger partial charge in [0.15, 0.2) is 5.75 Å². The van der Waals surface area contributed by atoms with E-state index >= 15 is 0 Å². The Kier molecular flexibility index (Phi) is 5.11. The highest BCUT2D eigenvalue weighted by Gasteiger charge is 2.15. The summed E-state index contributed by atoms with van der Waals surface area (Å²) in [5, 5.41) is 22.5. The summed E-state index contributed by atoms with van der Waals surface area (Å²) in [5.41, 5.74) is 0.661. The van der Waals surface area contributed by atoms with Crippen molar-refractivity contribution in [1.29, 1.82) is 0 Å². The van der Waals surface area contributed by atoms with Gasteiger partial charge in [0, 0.05) is 24.7 Å². The smallest absolute Gasteiger partial charge is 0.255 e. The molecule has 0 fully saturated rings. The van der Waals surface area contributed by atoms with Gasteiger partial charge in [-0.15, -0.1) is 0 Å². The van der Waals surface area contributed by atoms with Crippen LogP contribution in [0.2, 0.25) is 0 Å². The lowest BCUT2D eigenvalue weighted by Gasteiger charge is -2.13. The first-order chi connectivity index (χ1) is 10.1. The molecule has 21 heavy (non-hydrogen) atoms. The Morgan fingerprint density at radius 3 is 2.95 bits per heavy atom. The second kappa shape index (κ2) is 7.04. The summed E-state index contributed by atoms with van der Waals surface area (Å²) < 4.78 is 0. The number of hydrogen-bond donors (Lipinski definition) is 3. The molecule has 3 N–H and O–H groups in total. The zero-order valence-electron chi connectivity index (χ0n) is 12.0. The summed E-state index contributed by atoms with van der Waals surface area (Å²) in [6, 6.07) is 6.99. The number of aliphatic hydroxyl groups excluding tert-OH is 1. The first-order valence-electron chi connectivity index (χ1n) is 7.09. The summed E-state index contributed by atoms with van der Waals surface area (Å²) in [6.45, 7) is 2.69. The molecule has 1 atom stereocenters. The molecule has 1 unspecified atom stereocenters. The van der Waals surface area contributed by atoms with Gasteiger partial charge in [-0.3, -0.25) is 9.78 Å². The average Bonchev–Trinajstić information content (AvgIpc) is 2.51. The molecule has 0 aliphatic heterocycles. The van der Waals surface area contributed by atoms with E-state index in [1.165, 1.54) is 0 Å². The molecular formula is C16H20N2O3. The number of aliphatic hydroxyl groups is 1. The van der Waals surface area contributed by atoms with Crippen molar-refractivity contribution in [3.63, 3.8) is 0 Å². The van der Waals surface area contributed by atoms with E-state index in [2.05, 4.69) is 10.3 Å². The Labute approximate surface area is 123 Å². The van der Waals surface area contributed by atoms with E-state index in [0.717, 1.165) is 18.2 Å². The maximum Gasteiger partial charge on any atom is 0.255 e. The number of amides is 1. The van der Waals surface area contributed by atoms with Crippen LogP contribution in [0.25, 0.3) is 10.9 Å². The molecular weight excluding hydrogens is 268 g/mol. The number of nitrogens with zero attached hydrogens (tertiary/aromatic N) is 1. The van der Waals surface area contributed by atoms with E-state index in [0.29, 0.717) is 12.1 Å². The van der Waals surface area contributed by atoms with Crippen molar-refractivity contribution in [3.8, 4) is 5.75 Å². The maximum atomic E-state index is 12.1. The molecule has 1 aromatic carbocycles. The molecule has 1 heterocycles. The monoisotopic (exact) mass is 288 g/mol. The number of carbonyl (C=O) groups is 1. The van der Waals surface area contributed by atoms with Crippen molar-refractivity contribution < 1.29 is 15.0 Å². The minimum Gasteiger partial charge on any atom is -0.505 e. The lowest BCUT2D eigenvalue weighted by molar-refractivity contribution is 0.0944. The van der Waals surface area contributed by atoms with Crippen molar-refractivity contribution in [2.45, 2.75) is 19.8 Å². The number of aromatic hydroxyl groups is 1. The van der Waals surface area contributed by atoms with E-state index in [9.17, 15) is 9.90 Å². The Bertz CT molecular complexity index is 628. The van der Waals surface area contributed by atoms with Crippen molar-refractivity contribution >= 4 is 16.8 Å². The highest BCUT2D eigenvalue weighted by Crippen LogP contribution is 2.26. The molecule has 1 aromatic heterocycles. The molecule has 2 aromatic rings. The largest absolute Gasteiger partial charge is 0.505 e. The highest BCUT2D eigenvalue weighted by molar-refractivity contribution is 6.02. The van der Waals surface area contributed by atoms with Crippen molar-refractivity contribution in [1.82, 2.24) is 10.3 Å². The van der Waals surface area contributed by atoms with Crippen molar-refractivity contribution in [3.05, 3.63) is 36.0 Å². The number of pyridine rings is 1. The van der Waals surface area contributed by atoms with Crippen LogP contribution in [0.5, 0.6) is 5.75 Å². The molecule has 5 nitrogen and oxygen atoms in total. The second-order valence-corrected chi connectivity index (χ2v) is 5.22. The topological polar surface area (TPSA) is 82.5 Å². The van der Waals surface area contributed by atoms with Crippen LogP contribution in [0.3, 0.4) is 0 Å². The number of fused-ring (bicyclic) bond motifs is 1. The first kappa shape index (κ1) is 15.3. The Morgan fingerprint density at radius 2 is 2.19 bits per heavy atom. The molecule has 5 heteroatoms. The highest BCUT2D eigenvalue weighted by atomic mass is 16.3. The number of nitrogens with one attached hydrogen (secondary N) is 1. The van der Waals surface area contributed by atoms with Crippen LogP contribution in [-0.4, -0.2) is 34.3 Å². The molecule has 0 bridgehead atoms. The standard InChI is InChI=1S/C16H20N2O3/c1-11(4-3-9-19)10-18-16(21)13-7-6-12-5-2-8-17-14(12)15(13)20/h2,5-8,11,19-20H,3-4,9-10H2,1H3,(H,18,21). The van der Waals surface area contributed by atoms with Gasteiger partial charge in [0.2, 0.25) is 0 Å². The summed E-state index contributed by atoms with van der Waals surface area (Å²) >= 11 is 0. The summed E-state index contributed by atoms with van der Waals surface area (Å²) in [7, 11) is 0. The number of aromatic nitrogens is 1. The number of carbonyl (C=O) groups excluding carboxylic acids is 1. The van der Waals surface area contributed by atoms with Crippen LogP contribution in [0, 0.1) is 5.92 Å². The van der Waals surface area contributed by atoms with Crippen LogP contribution >= 0.6 is 0 Å². The van der Waals surface area contributed by atoms with Gasteiger partial charge >= 0.3 is 0 Å². The minimum absolute atomic E-state index is 0.0892. The third-order valence-corrected chi connectivity index (χ3v) is 3.46. The van der Waals surface area contributed by atoms with Gasteiger partial charge in [-0.05, 0) is 30.9 Å². The fourth-order valence-electron chi connectivity index (χ4n) is 2.22. The van der Waals surface area contributed by atoms with Crippen LogP contribution in [0.1, 0.15) is 30.1 Å². The maximum absolute atomic E-state index is 12.1. The van der Waals surface area contributed by atoms with Gasteiger partial charge in [0.1, 0.15) is 5.52 Å². The van der Waals surface area contributed by atoms with Gasteiger partial charge in [-0.1, -0.05) is 19.1 Å². The predicted molar refractivity (Wildman–Crippen MR) is 81.2 cm³/mol. The van der Waals surface area contributed by atoms with Crippen molar-refractivity contribution in [2.24, 2.45) is 5.92 Å². The lowest BCUT2D eigenvalue weighted by Crippen LogP contribution is -2.28. The number of benzene rings is 1. The zero-order valence-corrected chi connectivity index (χ0v) is 12.0. The molecule has 0 aliphatic rings. The van der Waals surface area contributed by atoms with E-state index in [4.69, 9.17) is 5.11 Å². The second-order valence-electron chi connectivity index (χ2n) is 5.22. The van der Waals surface area contributed by atoms with Gasteiger partial charge in [0.25, 0.3) is 5.91 Å². The Hall–Kier alpha value is -2.14. The fourth-order valence-corrected chi connectivity index (χ4v) is 2.22. The average molecular weight is 288 g/mol. The van der Waals surface area contributed by atoms with Crippen LogP contribution in [0.4, 0.5) is 0 Å². The molecule has 1 amide bonds. The van der Waals surface area contributed by atoms with Gasteiger partial charge < -0.3 is 15.5 Å². The Balaban J connectivity index is 2.07. The van der Waals surface area contributed by atoms with Gasteiger partial charge in [-0.25, -0.2) is 0 Å². The molecule has 0 aliphatic carbocycles. The van der Waals surface area contributed by atoms with Crippen LogP contribution < -0.4 is 5.32 Å². The quantitative estimate of drug-likeness (QED) is 0.760. The summed E-state index contributed by atoms with van der Waals surface area (Å²) in [5.74, 6) is -0.119. The predicted octanol–water partition coefficient (Wildman–Crippen LogP) is 2.08. The SMILES string of the molecule is CC(CCCO)CNC(=O)c1ccc2cccnc2c1O. The van der Waals surface area contributed by atoms with Gasteiger partial charge in [-0.2, -0.15) is 0 Å². The molecule has 0 radical (unpaired) electrons. The number of phenols is 1. The summed E-state index contributed by atoms with van der Waals surface area (Å²) in [4.78, 5) is 16.2. The molecule has 2 rings (SSSR count). The van der Waals surface area contributed by atoms with E-state index < -0.39 is 0 Å². The fraction of sp³-hybridized carbons (Fsp3) is 0.375. The van der Waals surface area contributed by atoms with Crippen LogP contribution in [0.15, 0.2) is 30.5 Å². The van der Waals surface area contributed by atoms with Crippen molar-refractivity contribution in [2.75, 3.05) is 13.2 Å². The summed E-state index contributed by atoms with van der Waals surface area (Å²) in [6.07, 6.45) is 3.16.